The Bertz CT molecular complexity index is 506. The van der Waals surface area contributed by atoms with Crippen LogP contribution in [0, 0.1) is 5.92 Å². The maximum atomic E-state index is 12.5. The number of ether oxygens (including phenoxy) is 1. The third-order valence-corrected chi connectivity index (χ3v) is 4.81. The first kappa shape index (κ1) is 20.2. The maximum absolute atomic E-state index is 12.5. The molecule has 0 saturated heterocycles. The van der Waals surface area contributed by atoms with Crippen molar-refractivity contribution in [3.63, 3.8) is 0 Å². The first-order valence-corrected chi connectivity index (χ1v) is 8.16. The highest BCUT2D eigenvalue weighted by Gasteiger charge is 2.37. The third kappa shape index (κ3) is 5.35. The summed E-state index contributed by atoms with van der Waals surface area (Å²) in [7, 11) is 1.64. The van der Waals surface area contributed by atoms with E-state index < -0.39 is 5.54 Å². The van der Waals surface area contributed by atoms with Gasteiger partial charge in [0.05, 0.1) is 12.0 Å². The molecule has 0 radical (unpaired) electrons. The molecule has 3 N–H and O–H groups in total. The number of carbonyl (C=O) groups is 1. The quantitative estimate of drug-likeness (QED) is 0.844. The minimum Gasteiger partial charge on any atom is -0.375 e. The Morgan fingerprint density at radius 2 is 2.09 bits per heavy atom. The number of hydrogen-bond acceptors (Lipinski definition) is 3. The molecule has 1 amide bonds. The van der Waals surface area contributed by atoms with Gasteiger partial charge in [-0.1, -0.05) is 36.6 Å². The fraction of sp³-hybridized carbons (Fsp3) is 0.588. The van der Waals surface area contributed by atoms with Gasteiger partial charge >= 0.3 is 0 Å². The molecule has 3 unspecified atom stereocenters. The molecule has 1 aromatic carbocycles. The highest BCUT2D eigenvalue weighted by Crippen LogP contribution is 2.31. The van der Waals surface area contributed by atoms with Crippen LogP contribution in [0.5, 0.6) is 0 Å². The zero-order chi connectivity index (χ0) is 16.2. The van der Waals surface area contributed by atoms with E-state index in [1.165, 1.54) is 0 Å². The van der Waals surface area contributed by atoms with Gasteiger partial charge in [-0.15, -0.1) is 12.4 Å². The fourth-order valence-electron chi connectivity index (χ4n) is 3.12. The van der Waals surface area contributed by atoms with E-state index >= 15 is 0 Å². The molecule has 1 saturated carbocycles. The van der Waals surface area contributed by atoms with Crippen LogP contribution in [0.25, 0.3) is 0 Å². The van der Waals surface area contributed by atoms with Gasteiger partial charge < -0.3 is 15.8 Å². The second-order valence-electron chi connectivity index (χ2n) is 6.33. The Morgan fingerprint density at radius 1 is 1.43 bits per heavy atom. The molecule has 2 rings (SSSR count). The summed E-state index contributed by atoms with van der Waals surface area (Å²) in [5.74, 6) is -0.0929. The van der Waals surface area contributed by atoms with E-state index in [-0.39, 0.29) is 30.3 Å². The van der Waals surface area contributed by atoms with E-state index in [1.807, 2.05) is 31.2 Å². The largest absolute Gasteiger partial charge is 0.375 e. The minimum atomic E-state index is -0.412. The summed E-state index contributed by atoms with van der Waals surface area (Å²) in [5.41, 5.74) is 6.86. The second-order valence-corrected chi connectivity index (χ2v) is 6.76. The summed E-state index contributed by atoms with van der Waals surface area (Å²) in [6, 6.07) is 7.47. The lowest BCUT2D eigenvalue weighted by Crippen LogP contribution is -2.53. The van der Waals surface area contributed by atoms with E-state index in [2.05, 4.69) is 5.32 Å². The van der Waals surface area contributed by atoms with Crippen LogP contribution in [-0.2, 0) is 9.53 Å². The lowest BCUT2D eigenvalue weighted by atomic mass is 9.74. The number of halogens is 2. The van der Waals surface area contributed by atoms with Crippen molar-refractivity contribution in [2.45, 2.75) is 44.2 Å². The topological polar surface area (TPSA) is 64.3 Å². The number of nitrogens with two attached hydrogens (primary N) is 1. The molecule has 0 aliphatic heterocycles. The maximum Gasteiger partial charge on any atom is 0.225 e. The van der Waals surface area contributed by atoms with Crippen LogP contribution in [0.1, 0.15) is 44.3 Å². The van der Waals surface area contributed by atoms with Gasteiger partial charge in [0, 0.05) is 24.2 Å². The molecule has 0 heterocycles. The third-order valence-electron chi connectivity index (χ3n) is 4.56. The predicted octanol–water partition coefficient (Wildman–Crippen LogP) is 3.47. The van der Waals surface area contributed by atoms with Crippen molar-refractivity contribution in [1.29, 1.82) is 0 Å². The van der Waals surface area contributed by atoms with Crippen molar-refractivity contribution in [1.82, 2.24) is 5.32 Å². The minimum absolute atomic E-state index is 0. The van der Waals surface area contributed by atoms with Crippen LogP contribution in [0.2, 0.25) is 5.02 Å². The monoisotopic (exact) mass is 360 g/mol. The van der Waals surface area contributed by atoms with Gasteiger partial charge in [-0.25, -0.2) is 0 Å². The van der Waals surface area contributed by atoms with Crippen LogP contribution in [0.4, 0.5) is 0 Å². The first-order chi connectivity index (χ1) is 10.4. The standard InChI is InChI=1S/C17H25ClN2O2.ClH/c1-17(19)10-4-3-5-14(17)16(21)20-11-15(22-2)12-6-8-13(18)9-7-12;/h6-9,14-15H,3-5,10-11,19H2,1-2H3,(H,20,21);1H. The van der Waals surface area contributed by atoms with E-state index in [1.54, 1.807) is 7.11 Å². The van der Waals surface area contributed by atoms with Gasteiger partial charge in [0.15, 0.2) is 0 Å². The van der Waals surface area contributed by atoms with Gasteiger partial charge in [0.2, 0.25) is 5.91 Å². The fourth-order valence-corrected chi connectivity index (χ4v) is 3.25. The first-order valence-electron chi connectivity index (χ1n) is 7.79. The Kier molecular flexibility index (Phi) is 7.81. The Balaban J connectivity index is 0.00000264. The van der Waals surface area contributed by atoms with Crippen LogP contribution >= 0.6 is 24.0 Å². The number of carbonyl (C=O) groups excluding carboxylic acids is 1. The summed E-state index contributed by atoms with van der Waals surface area (Å²) in [5, 5.41) is 3.68. The molecule has 1 aliphatic carbocycles. The van der Waals surface area contributed by atoms with Crippen LogP contribution in [0.3, 0.4) is 0 Å². The van der Waals surface area contributed by atoms with Gasteiger partial charge in [0.25, 0.3) is 0 Å². The number of hydrogen-bond donors (Lipinski definition) is 2. The van der Waals surface area contributed by atoms with Gasteiger partial charge in [-0.05, 0) is 37.5 Å². The number of benzene rings is 1. The molecule has 0 aromatic heterocycles. The van der Waals surface area contributed by atoms with E-state index in [4.69, 9.17) is 22.1 Å². The molecule has 1 aliphatic rings. The Hall–Kier alpha value is -0.810. The Labute approximate surface area is 149 Å². The zero-order valence-corrected chi connectivity index (χ0v) is 15.3. The Morgan fingerprint density at radius 3 is 2.65 bits per heavy atom. The molecule has 23 heavy (non-hydrogen) atoms. The summed E-state index contributed by atoms with van der Waals surface area (Å²) >= 11 is 5.90. The summed E-state index contributed by atoms with van der Waals surface area (Å²) < 4.78 is 5.48. The van der Waals surface area contributed by atoms with Crippen LogP contribution in [0.15, 0.2) is 24.3 Å². The average Bonchev–Trinajstić information content (AvgIpc) is 2.49. The van der Waals surface area contributed by atoms with Crippen molar-refractivity contribution < 1.29 is 9.53 Å². The molecular formula is C17H26Cl2N2O2. The lowest BCUT2D eigenvalue weighted by molar-refractivity contribution is -0.128. The molecule has 1 aromatic rings. The summed E-state index contributed by atoms with van der Waals surface area (Å²) in [6.45, 7) is 2.41. The van der Waals surface area contributed by atoms with Crippen molar-refractivity contribution in [2.24, 2.45) is 11.7 Å². The number of amides is 1. The molecule has 0 spiro atoms. The van der Waals surface area contributed by atoms with E-state index in [0.717, 1.165) is 31.2 Å². The van der Waals surface area contributed by atoms with Gasteiger partial charge in [0.1, 0.15) is 0 Å². The highest BCUT2D eigenvalue weighted by molar-refractivity contribution is 6.30. The van der Waals surface area contributed by atoms with Crippen molar-refractivity contribution >= 4 is 29.9 Å². The molecule has 4 nitrogen and oxygen atoms in total. The summed E-state index contributed by atoms with van der Waals surface area (Å²) in [6.07, 6.45) is 3.74. The number of rotatable bonds is 5. The molecule has 3 atom stereocenters. The molecular weight excluding hydrogens is 335 g/mol. The molecule has 0 bridgehead atoms. The highest BCUT2D eigenvalue weighted by atomic mass is 35.5. The van der Waals surface area contributed by atoms with Gasteiger partial charge in [-0.2, -0.15) is 0 Å². The molecule has 130 valence electrons. The lowest BCUT2D eigenvalue weighted by Gasteiger charge is -2.37. The molecule has 6 heteroatoms. The predicted molar refractivity (Wildman–Crippen MR) is 96.0 cm³/mol. The van der Waals surface area contributed by atoms with Crippen LogP contribution < -0.4 is 11.1 Å². The normalized spacial score (nSPS) is 25.3. The second kappa shape index (κ2) is 8.88. The molecule has 1 fully saturated rings. The zero-order valence-electron chi connectivity index (χ0n) is 13.7. The van der Waals surface area contributed by atoms with Crippen molar-refractivity contribution in [3.8, 4) is 0 Å². The smallest absolute Gasteiger partial charge is 0.225 e. The van der Waals surface area contributed by atoms with Crippen molar-refractivity contribution in [3.05, 3.63) is 34.9 Å². The summed E-state index contributed by atoms with van der Waals surface area (Å²) in [4.78, 5) is 12.5. The number of nitrogens with one attached hydrogen (secondary N) is 1. The average molecular weight is 361 g/mol. The van der Waals surface area contributed by atoms with E-state index in [9.17, 15) is 4.79 Å². The number of methoxy groups -OCH3 is 1. The van der Waals surface area contributed by atoms with Crippen LogP contribution in [-0.4, -0.2) is 25.1 Å². The van der Waals surface area contributed by atoms with Gasteiger partial charge in [-0.3, -0.25) is 4.79 Å². The van der Waals surface area contributed by atoms with E-state index in [0.29, 0.717) is 11.6 Å². The van der Waals surface area contributed by atoms with Crippen molar-refractivity contribution in [2.75, 3.05) is 13.7 Å². The SMILES string of the molecule is COC(CNC(=O)C1CCCCC1(C)N)c1ccc(Cl)cc1.Cl.